The Kier molecular flexibility index (Phi) is 8.11. The number of carbonyl (C=O) groups is 2. The Balaban J connectivity index is 2.75. The highest BCUT2D eigenvalue weighted by Crippen LogP contribution is 2.15. The van der Waals surface area contributed by atoms with Crippen LogP contribution in [0.3, 0.4) is 0 Å². The van der Waals surface area contributed by atoms with Gasteiger partial charge < -0.3 is 19.5 Å². The summed E-state index contributed by atoms with van der Waals surface area (Å²) in [5.41, 5.74) is 0.518. The van der Waals surface area contributed by atoms with E-state index >= 15 is 0 Å². The first kappa shape index (κ1) is 19.0. The summed E-state index contributed by atoms with van der Waals surface area (Å²) in [6.45, 7) is 4.50. The van der Waals surface area contributed by atoms with Crippen molar-refractivity contribution in [2.45, 2.75) is 32.8 Å². The summed E-state index contributed by atoms with van der Waals surface area (Å²) in [5.74, 6) is 0.152. The molecule has 23 heavy (non-hydrogen) atoms. The lowest BCUT2D eigenvalue weighted by atomic mass is 10.1. The van der Waals surface area contributed by atoms with Crippen molar-refractivity contribution in [2.24, 2.45) is 0 Å². The Hall–Kier alpha value is -2.08. The SMILES string of the molecule is COC(=O)CCN(CCCO)C(=O)c1ccc(OC(C)C)cc1. The van der Waals surface area contributed by atoms with Gasteiger partial charge in [-0.3, -0.25) is 9.59 Å². The average Bonchev–Trinajstić information content (AvgIpc) is 2.54. The maximum Gasteiger partial charge on any atom is 0.307 e. The van der Waals surface area contributed by atoms with E-state index in [-0.39, 0.29) is 37.6 Å². The van der Waals surface area contributed by atoms with Gasteiger partial charge in [-0.15, -0.1) is 0 Å². The molecule has 0 saturated carbocycles. The first-order valence-corrected chi connectivity index (χ1v) is 7.71. The monoisotopic (exact) mass is 323 g/mol. The van der Waals surface area contributed by atoms with Crippen LogP contribution in [-0.4, -0.2) is 54.8 Å². The maximum atomic E-state index is 12.5. The van der Waals surface area contributed by atoms with Gasteiger partial charge in [-0.1, -0.05) is 0 Å². The summed E-state index contributed by atoms with van der Waals surface area (Å²) in [6, 6.07) is 6.89. The van der Waals surface area contributed by atoms with Crippen LogP contribution in [-0.2, 0) is 9.53 Å². The van der Waals surface area contributed by atoms with Crippen LogP contribution in [0.25, 0.3) is 0 Å². The first-order valence-electron chi connectivity index (χ1n) is 7.71. The fourth-order valence-electron chi connectivity index (χ4n) is 2.04. The molecule has 128 valence electrons. The topological polar surface area (TPSA) is 76.1 Å². The number of nitrogens with zero attached hydrogens (tertiary/aromatic N) is 1. The standard InChI is InChI=1S/C17H25NO5/c1-13(2)23-15-7-5-14(6-8-15)17(21)18(10-4-12-19)11-9-16(20)22-3/h5-8,13,19H,4,9-12H2,1-3H3. The van der Waals surface area contributed by atoms with E-state index < -0.39 is 0 Å². The molecule has 6 nitrogen and oxygen atoms in total. The van der Waals surface area contributed by atoms with E-state index in [4.69, 9.17) is 9.84 Å². The molecule has 0 aromatic heterocycles. The quantitative estimate of drug-likeness (QED) is 0.702. The van der Waals surface area contributed by atoms with Crippen LogP contribution in [0.15, 0.2) is 24.3 Å². The zero-order valence-corrected chi connectivity index (χ0v) is 13.9. The number of ether oxygens (including phenoxy) is 2. The molecule has 1 aromatic carbocycles. The molecule has 0 atom stereocenters. The molecule has 0 radical (unpaired) electrons. The minimum Gasteiger partial charge on any atom is -0.491 e. The van der Waals surface area contributed by atoms with E-state index in [1.54, 1.807) is 29.2 Å². The van der Waals surface area contributed by atoms with E-state index in [0.717, 1.165) is 0 Å². The van der Waals surface area contributed by atoms with Gasteiger partial charge in [0.2, 0.25) is 0 Å². The van der Waals surface area contributed by atoms with E-state index in [9.17, 15) is 9.59 Å². The second kappa shape index (κ2) is 9.84. The number of aliphatic hydroxyl groups excluding tert-OH is 1. The summed E-state index contributed by atoms with van der Waals surface area (Å²) in [5, 5.41) is 8.97. The van der Waals surface area contributed by atoms with Gasteiger partial charge in [-0.2, -0.15) is 0 Å². The number of amides is 1. The van der Waals surface area contributed by atoms with Gasteiger partial charge in [0, 0.05) is 25.3 Å². The van der Waals surface area contributed by atoms with Crippen LogP contribution in [0.5, 0.6) is 5.75 Å². The van der Waals surface area contributed by atoms with Crippen molar-refractivity contribution in [1.29, 1.82) is 0 Å². The second-order valence-electron chi connectivity index (χ2n) is 5.39. The zero-order valence-electron chi connectivity index (χ0n) is 13.9. The molecule has 1 N–H and O–H groups in total. The predicted molar refractivity (Wildman–Crippen MR) is 86.4 cm³/mol. The van der Waals surface area contributed by atoms with Crippen molar-refractivity contribution in [3.8, 4) is 5.75 Å². The van der Waals surface area contributed by atoms with Crippen molar-refractivity contribution in [2.75, 3.05) is 26.8 Å². The number of aliphatic hydroxyl groups is 1. The fourth-order valence-corrected chi connectivity index (χ4v) is 2.04. The second-order valence-corrected chi connectivity index (χ2v) is 5.39. The van der Waals surface area contributed by atoms with E-state index in [1.165, 1.54) is 7.11 Å². The third kappa shape index (κ3) is 6.69. The molecular weight excluding hydrogens is 298 g/mol. The Bertz CT molecular complexity index is 498. The Morgan fingerprint density at radius 1 is 1.17 bits per heavy atom. The van der Waals surface area contributed by atoms with Gasteiger partial charge in [0.15, 0.2) is 0 Å². The number of methoxy groups -OCH3 is 1. The fraction of sp³-hybridized carbons (Fsp3) is 0.529. The number of esters is 1. The van der Waals surface area contributed by atoms with Crippen LogP contribution < -0.4 is 4.74 Å². The molecule has 0 unspecified atom stereocenters. The van der Waals surface area contributed by atoms with Gasteiger partial charge in [0.05, 0.1) is 19.6 Å². The number of hydrogen-bond donors (Lipinski definition) is 1. The minimum absolute atomic E-state index is 0.0107. The normalized spacial score (nSPS) is 10.5. The lowest BCUT2D eigenvalue weighted by Gasteiger charge is -2.22. The molecule has 6 heteroatoms. The smallest absolute Gasteiger partial charge is 0.307 e. The third-order valence-electron chi connectivity index (χ3n) is 3.16. The van der Waals surface area contributed by atoms with Gasteiger partial charge in [-0.25, -0.2) is 0 Å². The average molecular weight is 323 g/mol. The molecule has 0 saturated heterocycles. The first-order chi connectivity index (χ1) is 11.0. The number of rotatable bonds is 9. The van der Waals surface area contributed by atoms with Crippen LogP contribution in [0.2, 0.25) is 0 Å². The van der Waals surface area contributed by atoms with Gasteiger partial charge >= 0.3 is 5.97 Å². The van der Waals surface area contributed by atoms with Gasteiger partial charge in [-0.05, 0) is 44.5 Å². The van der Waals surface area contributed by atoms with Crippen molar-refractivity contribution < 1.29 is 24.2 Å². The predicted octanol–water partition coefficient (Wildman–Crippen LogP) is 1.86. The lowest BCUT2D eigenvalue weighted by molar-refractivity contribution is -0.140. The molecule has 0 heterocycles. The van der Waals surface area contributed by atoms with Gasteiger partial charge in [0.25, 0.3) is 5.91 Å². The van der Waals surface area contributed by atoms with Gasteiger partial charge in [0.1, 0.15) is 5.75 Å². The highest BCUT2D eigenvalue weighted by atomic mass is 16.5. The van der Waals surface area contributed by atoms with Crippen LogP contribution in [0, 0.1) is 0 Å². The minimum atomic E-state index is -0.368. The summed E-state index contributed by atoms with van der Waals surface area (Å²) < 4.78 is 10.1. The maximum absolute atomic E-state index is 12.5. The summed E-state index contributed by atoms with van der Waals surface area (Å²) in [7, 11) is 1.32. The number of hydrogen-bond acceptors (Lipinski definition) is 5. The van der Waals surface area contributed by atoms with E-state index in [2.05, 4.69) is 4.74 Å². The molecule has 0 aliphatic heterocycles. The molecule has 0 aliphatic rings. The van der Waals surface area contributed by atoms with Crippen molar-refractivity contribution in [1.82, 2.24) is 4.90 Å². The molecule has 1 amide bonds. The molecule has 0 spiro atoms. The Morgan fingerprint density at radius 2 is 1.83 bits per heavy atom. The van der Waals surface area contributed by atoms with E-state index in [1.807, 2.05) is 13.8 Å². The molecular formula is C17H25NO5. The van der Waals surface area contributed by atoms with Crippen molar-refractivity contribution >= 4 is 11.9 Å². The zero-order chi connectivity index (χ0) is 17.2. The van der Waals surface area contributed by atoms with Crippen LogP contribution in [0.1, 0.15) is 37.0 Å². The Morgan fingerprint density at radius 3 is 2.35 bits per heavy atom. The number of carbonyl (C=O) groups excluding carboxylic acids is 2. The molecule has 0 bridgehead atoms. The lowest BCUT2D eigenvalue weighted by Crippen LogP contribution is -2.34. The summed E-state index contributed by atoms with van der Waals surface area (Å²) >= 11 is 0. The highest BCUT2D eigenvalue weighted by molar-refractivity contribution is 5.94. The van der Waals surface area contributed by atoms with Crippen molar-refractivity contribution in [3.63, 3.8) is 0 Å². The Labute approximate surface area is 137 Å². The molecule has 0 fully saturated rings. The summed E-state index contributed by atoms with van der Waals surface area (Å²) in [4.78, 5) is 25.4. The third-order valence-corrected chi connectivity index (χ3v) is 3.16. The number of benzene rings is 1. The largest absolute Gasteiger partial charge is 0.491 e. The highest BCUT2D eigenvalue weighted by Gasteiger charge is 2.17. The van der Waals surface area contributed by atoms with Crippen LogP contribution >= 0.6 is 0 Å². The molecule has 0 aliphatic carbocycles. The summed E-state index contributed by atoms with van der Waals surface area (Å²) in [6.07, 6.45) is 0.654. The molecule has 1 aromatic rings. The van der Waals surface area contributed by atoms with Crippen LogP contribution in [0.4, 0.5) is 0 Å². The van der Waals surface area contributed by atoms with Crippen molar-refractivity contribution in [3.05, 3.63) is 29.8 Å². The molecule has 1 rings (SSSR count). The van der Waals surface area contributed by atoms with E-state index in [0.29, 0.717) is 24.3 Å².